The Labute approximate surface area is 149 Å². The number of carbonyl (C=O) groups is 2. The van der Waals surface area contributed by atoms with Crippen LogP contribution < -0.4 is 4.90 Å². The first-order valence-corrected chi connectivity index (χ1v) is 9.13. The highest BCUT2D eigenvalue weighted by Gasteiger charge is 2.37. The maximum atomic E-state index is 13.5. The van der Waals surface area contributed by atoms with Crippen LogP contribution in [0.3, 0.4) is 0 Å². The van der Waals surface area contributed by atoms with Gasteiger partial charge in [0.05, 0.1) is 0 Å². The summed E-state index contributed by atoms with van der Waals surface area (Å²) in [4.78, 5) is 28.2. The first kappa shape index (κ1) is 18.1. The molecule has 1 saturated heterocycles. The number of hydrogen-bond acceptors (Lipinski definition) is 4. The van der Waals surface area contributed by atoms with Gasteiger partial charge in [-0.1, -0.05) is 13.0 Å². The number of ketones is 1. The van der Waals surface area contributed by atoms with Gasteiger partial charge in [0.1, 0.15) is 17.9 Å². The van der Waals surface area contributed by atoms with E-state index in [9.17, 15) is 14.0 Å². The summed E-state index contributed by atoms with van der Waals surface area (Å²) in [6.07, 6.45) is 3.28. The number of rotatable bonds is 7. The van der Waals surface area contributed by atoms with E-state index in [1.165, 1.54) is 6.07 Å². The predicted molar refractivity (Wildman–Crippen MR) is 96.3 cm³/mol. The number of benzene rings is 1. The van der Waals surface area contributed by atoms with Crippen molar-refractivity contribution >= 4 is 17.8 Å². The lowest BCUT2D eigenvalue weighted by Gasteiger charge is -2.39. The van der Waals surface area contributed by atoms with Crippen LogP contribution in [0.15, 0.2) is 18.2 Å². The molecule has 1 aromatic rings. The van der Waals surface area contributed by atoms with Gasteiger partial charge in [-0.05, 0) is 37.5 Å². The standard InChI is InChI=1S/C20H27FN2O2/c1-15-3-6-17(21)11-18(15)23-9-7-22(8-10-23)13-20(2,14-24)12-19(25)16-4-5-16/h3,6,11,14,16H,4-5,7-10,12-13H2,1-2H3. The molecule has 3 rings (SSSR count). The number of nitrogens with zero attached hydrogens (tertiary/aromatic N) is 2. The van der Waals surface area contributed by atoms with Crippen LogP contribution in [0, 0.1) is 24.1 Å². The van der Waals surface area contributed by atoms with E-state index in [-0.39, 0.29) is 17.5 Å². The van der Waals surface area contributed by atoms with Crippen LogP contribution in [0.5, 0.6) is 0 Å². The zero-order valence-corrected chi connectivity index (χ0v) is 15.1. The van der Waals surface area contributed by atoms with E-state index in [0.29, 0.717) is 13.0 Å². The van der Waals surface area contributed by atoms with Gasteiger partial charge in [-0.3, -0.25) is 9.69 Å². The van der Waals surface area contributed by atoms with E-state index in [4.69, 9.17) is 0 Å². The van der Waals surface area contributed by atoms with Crippen molar-refractivity contribution in [1.29, 1.82) is 0 Å². The fourth-order valence-electron chi connectivity index (χ4n) is 3.66. The van der Waals surface area contributed by atoms with Gasteiger partial charge in [0.25, 0.3) is 0 Å². The monoisotopic (exact) mass is 346 g/mol. The molecule has 0 amide bonds. The molecular formula is C20H27FN2O2. The van der Waals surface area contributed by atoms with Gasteiger partial charge in [0, 0.05) is 56.2 Å². The number of aldehydes is 1. The van der Waals surface area contributed by atoms with Crippen LogP contribution in [0.2, 0.25) is 0 Å². The molecule has 0 N–H and O–H groups in total. The highest BCUT2D eigenvalue weighted by atomic mass is 19.1. The van der Waals surface area contributed by atoms with Crippen molar-refractivity contribution in [2.24, 2.45) is 11.3 Å². The zero-order chi connectivity index (χ0) is 18.0. The van der Waals surface area contributed by atoms with E-state index in [2.05, 4.69) is 9.80 Å². The number of aryl methyl sites for hydroxylation is 1. The van der Waals surface area contributed by atoms with Crippen LogP contribution in [-0.2, 0) is 9.59 Å². The number of hydrogen-bond donors (Lipinski definition) is 0. The Morgan fingerprint density at radius 1 is 1.28 bits per heavy atom. The third kappa shape index (κ3) is 4.46. The van der Waals surface area contributed by atoms with Crippen molar-refractivity contribution < 1.29 is 14.0 Å². The minimum absolute atomic E-state index is 0.201. The lowest BCUT2D eigenvalue weighted by molar-refractivity contribution is -0.127. The largest absolute Gasteiger partial charge is 0.369 e. The third-order valence-corrected chi connectivity index (χ3v) is 5.36. The molecule has 136 valence electrons. The average molecular weight is 346 g/mol. The van der Waals surface area contributed by atoms with Crippen molar-refractivity contribution in [3.8, 4) is 0 Å². The molecule has 5 heteroatoms. The minimum Gasteiger partial charge on any atom is -0.369 e. The van der Waals surface area contributed by atoms with Crippen LogP contribution in [-0.4, -0.2) is 49.7 Å². The summed E-state index contributed by atoms with van der Waals surface area (Å²) in [6, 6.07) is 4.89. The predicted octanol–water partition coefficient (Wildman–Crippen LogP) is 2.83. The van der Waals surface area contributed by atoms with E-state index in [1.54, 1.807) is 6.07 Å². The molecule has 2 aliphatic rings. The summed E-state index contributed by atoms with van der Waals surface area (Å²) in [5, 5.41) is 0. The van der Waals surface area contributed by atoms with Crippen molar-refractivity contribution in [2.75, 3.05) is 37.6 Å². The van der Waals surface area contributed by atoms with Crippen LogP contribution in [0.25, 0.3) is 0 Å². The molecule has 2 fully saturated rings. The Morgan fingerprint density at radius 3 is 2.56 bits per heavy atom. The zero-order valence-electron chi connectivity index (χ0n) is 15.1. The van der Waals surface area contributed by atoms with E-state index in [1.807, 2.05) is 19.9 Å². The molecular weight excluding hydrogens is 319 g/mol. The van der Waals surface area contributed by atoms with Crippen molar-refractivity contribution in [3.63, 3.8) is 0 Å². The summed E-state index contributed by atoms with van der Waals surface area (Å²) < 4.78 is 13.5. The summed E-state index contributed by atoms with van der Waals surface area (Å²) >= 11 is 0. The molecule has 1 aliphatic carbocycles. The molecule has 1 heterocycles. The molecule has 1 aromatic carbocycles. The molecule has 1 atom stereocenters. The second-order valence-corrected chi connectivity index (χ2v) is 7.88. The molecule has 0 radical (unpaired) electrons. The fourth-order valence-corrected chi connectivity index (χ4v) is 3.66. The lowest BCUT2D eigenvalue weighted by Crippen LogP contribution is -2.50. The Hall–Kier alpha value is -1.75. The molecule has 25 heavy (non-hydrogen) atoms. The molecule has 0 aromatic heterocycles. The lowest BCUT2D eigenvalue weighted by atomic mass is 9.84. The number of piperazine rings is 1. The first-order chi connectivity index (χ1) is 11.9. The van der Waals surface area contributed by atoms with Gasteiger partial charge in [0.15, 0.2) is 0 Å². The Bertz CT molecular complexity index is 651. The van der Waals surface area contributed by atoms with Gasteiger partial charge in [0.2, 0.25) is 0 Å². The number of carbonyl (C=O) groups excluding carboxylic acids is 2. The van der Waals surface area contributed by atoms with Crippen molar-refractivity contribution in [3.05, 3.63) is 29.6 Å². The van der Waals surface area contributed by atoms with Gasteiger partial charge in [-0.25, -0.2) is 4.39 Å². The number of halogens is 1. The van der Waals surface area contributed by atoms with Crippen LogP contribution in [0.4, 0.5) is 10.1 Å². The van der Waals surface area contributed by atoms with Crippen LogP contribution in [0.1, 0.15) is 31.7 Å². The Morgan fingerprint density at radius 2 is 1.96 bits per heavy atom. The summed E-state index contributed by atoms with van der Waals surface area (Å²) in [5.41, 5.74) is 1.42. The molecule has 0 spiro atoms. The van der Waals surface area contributed by atoms with E-state index >= 15 is 0 Å². The normalized spacial score (nSPS) is 21.0. The molecule has 1 saturated carbocycles. The molecule has 4 nitrogen and oxygen atoms in total. The second kappa shape index (κ2) is 7.24. The highest BCUT2D eigenvalue weighted by molar-refractivity contribution is 5.86. The van der Waals surface area contributed by atoms with Crippen LogP contribution >= 0.6 is 0 Å². The van der Waals surface area contributed by atoms with Gasteiger partial charge >= 0.3 is 0 Å². The second-order valence-electron chi connectivity index (χ2n) is 7.88. The minimum atomic E-state index is -0.601. The van der Waals surface area contributed by atoms with Gasteiger partial charge < -0.3 is 9.69 Å². The third-order valence-electron chi connectivity index (χ3n) is 5.36. The average Bonchev–Trinajstić information content (AvgIpc) is 3.43. The number of anilines is 1. The number of Topliss-reactive ketones (excluding diaryl/α,β-unsaturated/α-hetero) is 1. The van der Waals surface area contributed by atoms with Crippen molar-refractivity contribution in [2.45, 2.75) is 33.1 Å². The van der Waals surface area contributed by atoms with E-state index < -0.39 is 5.41 Å². The summed E-state index contributed by atoms with van der Waals surface area (Å²) in [6.45, 7) is 7.74. The quantitative estimate of drug-likeness (QED) is 0.712. The van der Waals surface area contributed by atoms with E-state index in [0.717, 1.165) is 56.6 Å². The SMILES string of the molecule is Cc1ccc(F)cc1N1CCN(CC(C)(C=O)CC(=O)C2CC2)CC1. The fraction of sp³-hybridized carbons (Fsp3) is 0.600. The molecule has 1 aliphatic heterocycles. The van der Waals surface area contributed by atoms with Gasteiger partial charge in [-0.2, -0.15) is 0 Å². The maximum Gasteiger partial charge on any atom is 0.137 e. The topological polar surface area (TPSA) is 40.6 Å². The first-order valence-electron chi connectivity index (χ1n) is 9.13. The molecule has 0 bridgehead atoms. The Kier molecular flexibility index (Phi) is 5.23. The molecule has 1 unspecified atom stereocenters. The highest BCUT2D eigenvalue weighted by Crippen LogP contribution is 2.34. The maximum absolute atomic E-state index is 13.5. The summed E-state index contributed by atoms with van der Waals surface area (Å²) in [7, 11) is 0. The smallest absolute Gasteiger partial charge is 0.137 e. The van der Waals surface area contributed by atoms with Crippen molar-refractivity contribution in [1.82, 2.24) is 4.90 Å². The summed E-state index contributed by atoms with van der Waals surface area (Å²) in [5.74, 6) is 0.228. The Balaban J connectivity index is 1.56. The van der Waals surface area contributed by atoms with Gasteiger partial charge in [-0.15, -0.1) is 0 Å².